The Morgan fingerprint density at radius 3 is 1.79 bits per heavy atom. The predicted molar refractivity (Wildman–Crippen MR) is 92.7 cm³/mol. The fourth-order valence-electron chi connectivity index (χ4n) is 2.78. The molecule has 0 aliphatic carbocycles. The molecule has 0 saturated carbocycles. The van der Waals surface area contributed by atoms with E-state index in [4.69, 9.17) is 0 Å². The van der Waals surface area contributed by atoms with Crippen LogP contribution in [-0.4, -0.2) is 47.9 Å². The SMILES string of the molecule is CCCCC(C)N(CC)C(=O)C(CCCC)(P(=O)(O)O)P(=O)(O)O. The van der Waals surface area contributed by atoms with Gasteiger partial charge in [-0.05, 0) is 26.7 Å². The predicted octanol–water partition coefficient (Wildman–Crippen LogP) is 2.66. The van der Waals surface area contributed by atoms with Gasteiger partial charge in [-0.1, -0.05) is 39.5 Å². The first-order chi connectivity index (χ1) is 10.9. The van der Waals surface area contributed by atoms with E-state index in [1.807, 2.05) is 6.92 Å². The maximum Gasteiger partial charge on any atom is 0.353 e. The zero-order valence-corrected chi connectivity index (χ0v) is 16.7. The van der Waals surface area contributed by atoms with Crippen molar-refractivity contribution in [2.24, 2.45) is 0 Å². The Morgan fingerprint density at radius 1 is 1.00 bits per heavy atom. The highest BCUT2D eigenvalue weighted by Crippen LogP contribution is 2.71. The molecule has 0 aliphatic rings. The van der Waals surface area contributed by atoms with E-state index in [1.54, 1.807) is 20.8 Å². The molecule has 144 valence electrons. The van der Waals surface area contributed by atoms with Crippen LogP contribution in [-0.2, 0) is 13.9 Å². The van der Waals surface area contributed by atoms with Crippen LogP contribution in [0, 0.1) is 0 Å². The van der Waals surface area contributed by atoms with Gasteiger partial charge < -0.3 is 24.5 Å². The number of amides is 1. The molecule has 24 heavy (non-hydrogen) atoms. The van der Waals surface area contributed by atoms with Crippen molar-refractivity contribution < 1.29 is 33.5 Å². The summed E-state index contributed by atoms with van der Waals surface area (Å²) >= 11 is 0. The van der Waals surface area contributed by atoms with Crippen LogP contribution in [0.2, 0.25) is 0 Å². The molecule has 0 fully saturated rings. The number of nitrogens with zero attached hydrogens (tertiary/aromatic N) is 1. The van der Waals surface area contributed by atoms with Gasteiger partial charge in [0.15, 0.2) is 0 Å². The molecule has 0 heterocycles. The van der Waals surface area contributed by atoms with E-state index in [-0.39, 0.29) is 19.0 Å². The molecule has 0 rings (SSSR count). The average molecular weight is 387 g/mol. The zero-order valence-electron chi connectivity index (χ0n) is 14.9. The summed E-state index contributed by atoms with van der Waals surface area (Å²) in [4.78, 5) is 50.1. The van der Waals surface area contributed by atoms with Crippen molar-refractivity contribution in [3.05, 3.63) is 0 Å². The van der Waals surface area contributed by atoms with Gasteiger partial charge >= 0.3 is 15.2 Å². The Morgan fingerprint density at radius 2 is 1.46 bits per heavy atom. The lowest BCUT2D eigenvalue weighted by atomic mass is 10.1. The van der Waals surface area contributed by atoms with E-state index >= 15 is 0 Å². The molecule has 4 N–H and O–H groups in total. The molecule has 10 heteroatoms. The van der Waals surface area contributed by atoms with Crippen molar-refractivity contribution in [1.82, 2.24) is 4.90 Å². The van der Waals surface area contributed by atoms with Crippen LogP contribution in [0.1, 0.15) is 66.2 Å². The number of hydrogen-bond donors (Lipinski definition) is 4. The minimum Gasteiger partial charge on any atom is -0.339 e. The Bertz CT molecular complexity index is 477. The summed E-state index contributed by atoms with van der Waals surface area (Å²) in [7, 11) is -10.8. The number of carbonyl (C=O) groups excluding carboxylic acids is 1. The van der Waals surface area contributed by atoms with Crippen LogP contribution >= 0.6 is 15.2 Å². The third-order valence-electron chi connectivity index (χ3n) is 4.29. The van der Waals surface area contributed by atoms with Crippen LogP contribution in [0.15, 0.2) is 0 Å². The molecule has 1 unspecified atom stereocenters. The highest BCUT2D eigenvalue weighted by molar-refractivity contribution is 7.74. The Kier molecular flexibility index (Phi) is 9.37. The Hall–Kier alpha value is -0.230. The standard InChI is InChI=1S/C14H31NO7P2/c1-5-8-10-12(4)15(7-3)13(16)14(11-9-6-2,23(17,18)19)24(20,21)22/h12H,5-11H2,1-4H3,(H2,17,18,19)(H2,20,21,22). The summed E-state index contributed by atoms with van der Waals surface area (Å²) in [6.07, 6.45) is 2.32. The van der Waals surface area contributed by atoms with Gasteiger partial charge in [-0.3, -0.25) is 13.9 Å². The molecule has 1 atom stereocenters. The minimum absolute atomic E-state index is 0.123. The first kappa shape index (κ1) is 23.8. The number of rotatable bonds is 11. The van der Waals surface area contributed by atoms with Gasteiger partial charge in [-0.15, -0.1) is 0 Å². The second kappa shape index (κ2) is 9.46. The van der Waals surface area contributed by atoms with Crippen molar-refractivity contribution in [2.45, 2.75) is 77.2 Å². The third-order valence-corrected chi connectivity index (χ3v) is 8.61. The molecular weight excluding hydrogens is 356 g/mol. The van der Waals surface area contributed by atoms with Gasteiger partial charge in [-0.2, -0.15) is 0 Å². The zero-order chi connectivity index (χ0) is 19.2. The van der Waals surface area contributed by atoms with Crippen molar-refractivity contribution in [2.75, 3.05) is 6.54 Å². The molecule has 8 nitrogen and oxygen atoms in total. The molecule has 1 amide bonds. The molecule has 0 aromatic rings. The molecule has 0 aromatic heterocycles. The highest BCUT2D eigenvalue weighted by atomic mass is 31.2. The lowest BCUT2D eigenvalue weighted by Crippen LogP contribution is -2.51. The highest BCUT2D eigenvalue weighted by Gasteiger charge is 2.66. The van der Waals surface area contributed by atoms with Gasteiger partial charge in [0.1, 0.15) is 0 Å². The molecule has 0 spiro atoms. The summed E-state index contributed by atoms with van der Waals surface area (Å²) < 4.78 is 24.1. The Balaban J connectivity index is 6.07. The first-order valence-corrected chi connectivity index (χ1v) is 11.5. The quantitative estimate of drug-likeness (QED) is 0.400. The summed E-state index contributed by atoms with van der Waals surface area (Å²) in [5.41, 5.74) is 0. The van der Waals surface area contributed by atoms with E-state index < -0.39 is 32.4 Å². The van der Waals surface area contributed by atoms with Crippen LogP contribution in [0.5, 0.6) is 0 Å². The smallest absolute Gasteiger partial charge is 0.339 e. The summed E-state index contributed by atoms with van der Waals surface area (Å²) in [6.45, 7) is 7.17. The summed E-state index contributed by atoms with van der Waals surface area (Å²) in [5.74, 6) is -1.15. The second-order valence-corrected chi connectivity index (χ2v) is 10.1. The van der Waals surface area contributed by atoms with Gasteiger partial charge in [0.2, 0.25) is 4.90 Å². The fourth-order valence-corrected chi connectivity index (χ4v) is 5.79. The molecule has 0 radical (unpaired) electrons. The number of carbonyl (C=O) groups is 1. The molecule has 0 saturated heterocycles. The maximum absolute atomic E-state index is 12.9. The minimum atomic E-state index is -5.40. The van der Waals surface area contributed by atoms with Crippen molar-refractivity contribution >= 4 is 21.1 Å². The van der Waals surface area contributed by atoms with E-state index in [1.165, 1.54) is 4.90 Å². The normalized spacial score (nSPS) is 14.5. The van der Waals surface area contributed by atoms with E-state index in [0.29, 0.717) is 12.8 Å². The number of unbranched alkanes of at least 4 members (excludes halogenated alkanes) is 2. The van der Waals surface area contributed by atoms with Crippen LogP contribution in [0.4, 0.5) is 0 Å². The maximum atomic E-state index is 12.9. The first-order valence-electron chi connectivity index (χ1n) is 8.32. The van der Waals surface area contributed by atoms with Gasteiger partial charge in [0.25, 0.3) is 5.91 Å². The molecular formula is C14H31NO7P2. The van der Waals surface area contributed by atoms with Crippen molar-refractivity contribution in [1.29, 1.82) is 0 Å². The summed E-state index contributed by atoms with van der Waals surface area (Å²) in [5, 5.41) is 0. The fraction of sp³-hybridized carbons (Fsp3) is 0.929. The largest absolute Gasteiger partial charge is 0.353 e. The topological polar surface area (TPSA) is 135 Å². The summed E-state index contributed by atoms with van der Waals surface area (Å²) in [6, 6.07) is -0.360. The van der Waals surface area contributed by atoms with Crippen LogP contribution in [0.25, 0.3) is 0 Å². The van der Waals surface area contributed by atoms with Crippen LogP contribution < -0.4 is 0 Å². The lowest BCUT2D eigenvalue weighted by Gasteiger charge is -2.39. The Labute approximate surface area is 144 Å². The van der Waals surface area contributed by atoms with Gasteiger partial charge in [0.05, 0.1) is 0 Å². The van der Waals surface area contributed by atoms with E-state index in [9.17, 15) is 33.5 Å². The second-order valence-electron chi connectivity index (χ2n) is 6.09. The van der Waals surface area contributed by atoms with E-state index in [2.05, 4.69) is 0 Å². The number of hydrogen-bond acceptors (Lipinski definition) is 3. The molecule has 0 bridgehead atoms. The lowest BCUT2D eigenvalue weighted by molar-refractivity contribution is -0.134. The molecule has 0 aromatic carbocycles. The van der Waals surface area contributed by atoms with Crippen LogP contribution in [0.3, 0.4) is 0 Å². The van der Waals surface area contributed by atoms with E-state index in [0.717, 1.165) is 12.8 Å². The average Bonchev–Trinajstić information content (AvgIpc) is 2.43. The van der Waals surface area contributed by atoms with Crippen molar-refractivity contribution in [3.8, 4) is 0 Å². The van der Waals surface area contributed by atoms with Gasteiger partial charge in [-0.25, -0.2) is 0 Å². The monoisotopic (exact) mass is 387 g/mol. The molecule has 0 aliphatic heterocycles. The van der Waals surface area contributed by atoms with Crippen molar-refractivity contribution in [3.63, 3.8) is 0 Å². The van der Waals surface area contributed by atoms with Gasteiger partial charge in [0, 0.05) is 12.6 Å². The third kappa shape index (κ3) is 5.13.